The largest absolute Gasteiger partial charge is 0.445 e. The van der Waals surface area contributed by atoms with Gasteiger partial charge in [0.1, 0.15) is 6.61 Å². The summed E-state index contributed by atoms with van der Waals surface area (Å²) in [7, 11) is 1.57. The number of alkyl halides is 3. The zero-order chi connectivity index (χ0) is 22.4. The lowest BCUT2D eigenvalue weighted by molar-refractivity contribution is -0.137. The van der Waals surface area contributed by atoms with Gasteiger partial charge >= 0.3 is 12.3 Å². The summed E-state index contributed by atoms with van der Waals surface area (Å²) in [6.07, 6.45) is -4.73. The maximum atomic E-state index is 12.9. The fraction of sp³-hybridized carbons (Fsp3) is 0.435. The number of methoxy groups -OCH3 is 1. The molecule has 168 valence electrons. The number of benzene rings is 2. The molecule has 3 rings (SSSR count). The zero-order valence-electron chi connectivity index (χ0n) is 17.6. The summed E-state index contributed by atoms with van der Waals surface area (Å²) in [5.74, 6) is 0. The summed E-state index contributed by atoms with van der Waals surface area (Å²) in [6.45, 7) is 4.05. The van der Waals surface area contributed by atoms with Crippen molar-refractivity contribution in [3.63, 3.8) is 0 Å². The van der Waals surface area contributed by atoms with E-state index in [1.54, 1.807) is 12.0 Å². The van der Waals surface area contributed by atoms with Crippen LogP contribution in [-0.2, 0) is 22.3 Å². The molecule has 1 heterocycles. The van der Waals surface area contributed by atoms with E-state index in [2.05, 4.69) is 4.90 Å². The van der Waals surface area contributed by atoms with Gasteiger partial charge in [-0.05, 0) is 30.2 Å². The first-order chi connectivity index (χ1) is 14.8. The second-order valence-electron chi connectivity index (χ2n) is 7.66. The standard InChI is InChI=1S/C23H27F3N2O3/c1-17-14-27(22(29)31-15-18-6-4-3-5-7-18)12-13-28(17)21(16-30-2)19-8-10-20(11-9-19)23(24,25)26/h3-11,17,21H,12-16H2,1-2H3/t17?,21-/m0/s1. The number of piperazine rings is 1. The Balaban J connectivity index is 1.62. The smallest absolute Gasteiger partial charge is 0.416 e. The molecular formula is C23H27F3N2O3. The molecule has 31 heavy (non-hydrogen) atoms. The van der Waals surface area contributed by atoms with Gasteiger partial charge in [0.05, 0.1) is 18.2 Å². The van der Waals surface area contributed by atoms with E-state index in [4.69, 9.17) is 9.47 Å². The van der Waals surface area contributed by atoms with Crippen LogP contribution in [0.2, 0.25) is 0 Å². The van der Waals surface area contributed by atoms with Crippen LogP contribution in [0.15, 0.2) is 54.6 Å². The summed E-state index contributed by atoms with van der Waals surface area (Å²) in [4.78, 5) is 16.3. The van der Waals surface area contributed by atoms with Crippen molar-refractivity contribution in [1.82, 2.24) is 9.80 Å². The van der Waals surface area contributed by atoms with Crippen molar-refractivity contribution in [2.24, 2.45) is 0 Å². The average Bonchev–Trinajstić information content (AvgIpc) is 2.76. The maximum Gasteiger partial charge on any atom is 0.416 e. The third-order valence-electron chi connectivity index (χ3n) is 5.49. The van der Waals surface area contributed by atoms with E-state index in [0.29, 0.717) is 26.2 Å². The molecule has 1 unspecified atom stereocenters. The summed E-state index contributed by atoms with van der Waals surface area (Å²) in [5, 5.41) is 0. The summed E-state index contributed by atoms with van der Waals surface area (Å²) in [5.41, 5.74) is 0.998. The summed E-state index contributed by atoms with van der Waals surface area (Å²) in [6, 6.07) is 14.5. The Kier molecular flexibility index (Phi) is 7.56. The number of carbonyl (C=O) groups is 1. The fourth-order valence-electron chi connectivity index (χ4n) is 3.85. The van der Waals surface area contributed by atoms with Crippen molar-refractivity contribution in [1.29, 1.82) is 0 Å². The van der Waals surface area contributed by atoms with Crippen LogP contribution >= 0.6 is 0 Å². The second kappa shape index (κ2) is 10.2. The molecule has 2 aromatic rings. The molecule has 0 spiro atoms. The highest BCUT2D eigenvalue weighted by Crippen LogP contribution is 2.32. The van der Waals surface area contributed by atoms with E-state index in [9.17, 15) is 18.0 Å². The Hall–Kier alpha value is -2.58. The second-order valence-corrected chi connectivity index (χ2v) is 7.66. The quantitative estimate of drug-likeness (QED) is 0.656. The molecule has 0 bridgehead atoms. The molecular weight excluding hydrogens is 409 g/mol. The van der Waals surface area contributed by atoms with Crippen LogP contribution in [0.4, 0.5) is 18.0 Å². The third kappa shape index (κ3) is 5.98. The maximum absolute atomic E-state index is 12.9. The van der Waals surface area contributed by atoms with E-state index in [1.165, 1.54) is 12.1 Å². The minimum atomic E-state index is -4.37. The van der Waals surface area contributed by atoms with Gasteiger partial charge in [-0.25, -0.2) is 4.79 Å². The predicted molar refractivity (Wildman–Crippen MR) is 110 cm³/mol. The summed E-state index contributed by atoms with van der Waals surface area (Å²) >= 11 is 0. The number of halogens is 3. The number of ether oxygens (including phenoxy) is 2. The van der Waals surface area contributed by atoms with Crippen LogP contribution < -0.4 is 0 Å². The van der Waals surface area contributed by atoms with E-state index in [0.717, 1.165) is 23.3 Å². The number of hydrogen-bond acceptors (Lipinski definition) is 4. The van der Waals surface area contributed by atoms with E-state index in [-0.39, 0.29) is 24.8 Å². The Bertz CT molecular complexity index is 843. The average molecular weight is 436 g/mol. The number of carbonyl (C=O) groups excluding carboxylic acids is 1. The van der Waals surface area contributed by atoms with Crippen LogP contribution in [0.1, 0.15) is 29.7 Å². The van der Waals surface area contributed by atoms with Crippen molar-refractivity contribution in [3.05, 3.63) is 71.3 Å². The molecule has 1 saturated heterocycles. The molecule has 2 atom stereocenters. The number of rotatable bonds is 6. The Morgan fingerprint density at radius 2 is 1.77 bits per heavy atom. The van der Waals surface area contributed by atoms with Gasteiger partial charge in [-0.3, -0.25) is 4.90 Å². The molecule has 5 nitrogen and oxygen atoms in total. The van der Waals surface area contributed by atoms with Crippen LogP contribution in [0.3, 0.4) is 0 Å². The Morgan fingerprint density at radius 3 is 2.35 bits per heavy atom. The van der Waals surface area contributed by atoms with Gasteiger partial charge in [0, 0.05) is 32.8 Å². The molecule has 0 N–H and O–H groups in total. The summed E-state index contributed by atoms with van der Waals surface area (Å²) < 4.78 is 49.4. The van der Waals surface area contributed by atoms with Gasteiger partial charge in [0.2, 0.25) is 0 Å². The first-order valence-electron chi connectivity index (χ1n) is 10.2. The SMILES string of the molecule is COC[C@@H](c1ccc(C(F)(F)F)cc1)N1CCN(C(=O)OCc2ccccc2)CC1C. The van der Waals surface area contributed by atoms with E-state index in [1.807, 2.05) is 37.3 Å². The minimum Gasteiger partial charge on any atom is -0.445 e. The Morgan fingerprint density at radius 1 is 1.10 bits per heavy atom. The van der Waals surface area contributed by atoms with Gasteiger partial charge in [-0.1, -0.05) is 42.5 Å². The van der Waals surface area contributed by atoms with Crippen LogP contribution in [0.25, 0.3) is 0 Å². The number of amides is 1. The molecule has 8 heteroatoms. The highest BCUT2D eigenvalue weighted by atomic mass is 19.4. The van der Waals surface area contributed by atoms with Gasteiger partial charge < -0.3 is 14.4 Å². The molecule has 0 saturated carbocycles. The molecule has 1 fully saturated rings. The van der Waals surface area contributed by atoms with Crippen molar-refractivity contribution >= 4 is 6.09 Å². The van der Waals surface area contributed by atoms with Crippen molar-refractivity contribution in [2.45, 2.75) is 31.8 Å². The van der Waals surface area contributed by atoms with Gasteiger partial charge in [-0.15, -0.1) is 0 Å². The highest BCUT2D eigenvalue weighted by molar-refractivity contribution is 5.67. The number of hydrogen-bond donors (Lipinski definition) is 0. The fourth-order valence-corrected chi connectivity index (χ4v) is 3.85. The molecule has 1 aliphatic heterocycles. The molecule has 0 radical (unpaired) electrons. The minimum absolute atomic E-state index is 0.0135. The zero-order valence-corrected chi connectivity index (χ0v) is 17.6. The Labute approximate surface area is 180 Å². The molecule has 2 aromatic carbocycles. The first kappa shape index (κ1) is 23.1. The van der Waals surface area contributed by atoms with E-state index < -0.39 is 11.7 Å². The topological polar surface area (TPSA) is 42.0 Å². The lowest BCUT2D eigenvalue weighted by atomic mass is 10.0. The molecule has 1 aliphatic rings. The predicted octanol–water partition coefficient (Wildman–Crippen LogP) is 4.74. The van der Waals surface area contributed by atoms with Gasteiger partial charge in [-0.2, -0.15) is 13.2 Å². The molecule has 0 aromatic heterocycles. The van der Waals surface area contributed by atoms with Crippen molar-refractivity contribution in [2.75, 3.05) is 33.4 Å². The van der Waals surface area contributed by atoms with Crippen molar-refractivity contribution < 1.29 is 27.4 Å². The molecule has 0 aliphatic carbocycles. The highest BCUT2D eigenvalue weighted by Gasteiger charge is 2.34. The van der Waals surface area contributed by atoms with Crippen LogP contribution in [0, 0.1) is 0 Å². The monoisotopic (exact) mass is 436 g/mol. The molecule has 1 amide bonds. The lowest BCUT2D eigenvalue weighted by Gasteiger charge is -2.43. The van der Waals surface area contributed by atoms with Gasteiger partial charge in [0.25, 0.3) is 0 Å². The van der Waals surface area contributed by atoms with Gasteiger partial charge in [0.15, 0.2) is 0 Å². The van der Waals surface area contributed by atoms with Crippen LogP contribution in [-0.4, -0.2) is 55.3 Å². The normalized spacial score (nSPS) is 18.6. The first-order valence-corrected chi connectivity index (χ1v) is 10.2. The van der Waals surface area contributed by atoms with E-state index >= 15 is 0 Å². The number of nitrogens with zero attached hydrogens (tertiary/aromatic N) is 2. The van der Waals surface area contributed by atoms with Crippen molar-refractivity contribution in [3.8, 4) is 0 Å². The lowest BCUT2D eigenvalue weighted by Crippen LogP contribution is -2.55. The third-order valence-corrected chi connectivity index (χ3v) is 5.49. The van der Waals surface area contributed by atoms with Crippen LogP contribution in [0.5, 0.6) is 0 Å².